The van der Waals surface area contributed by atoms with Gasteiger partial charge in [0.05, 0.1) is 6.61 Å². The van der Waals surface area contributed by atoms with E-state index >= 15 is 0 Å². The van der Waals surface area contributed by atoms with Gasteiger partial charge in [-0.15, -0.1) is 0 Å². The highest BCUT2D eigenvalue weighted by molar-refractivity contribution is 6.28. The lowest BCUT2D eigenvalue weighted by Gasteiger charge is -2.34. The van der Waals surface area contributed by atoms with Crippen LogP contribution in [0.15, 0.2) is 0 Å². The van der Waals surface area contributed by atoms with E-state index in [4.69, 9.17) is 16.3 Å². The summed E-state index contributed by atoms with van der Waals surface area (Å²) in [4.78, 5) is 14.7. The van der Waals surface area contributed by atoms with Crippen molar-refractivity contribution in [3.63, 3.8) is 0 Å². The molecule has 20 heavy (non-hydrogen) atoms. The van der Waals surface area contributed by atoms with Crippen molar-refractivity contribution < 1.29 is 4.74 Å². The smallest absolute Gasteiger partial charge is 0.322 e. The molecule has 1 fully saturated rings. The quantitative estimate of drug-likeness (QED) is 0.834. The molecule has 1 saturated carbocycles. The van der Waals surface area contributed by atoms with Gasteiger partial charge >= 0.3 is 6.01 Å². The van der Waals surface area contributed by atoms with E-state index < -0.39 is 0 Å². The van der Waals surface area contributed by atoms with Gasteiger partial charge in [-0.3, -0.25) is 0 Å². The van der Waals surface area contributed by atoms with Crippen LogP contribution in [0.1, 0.15) is 46.0 Å². The van der Waals surface area contributed by atoms with E-state index in [2.05, 4.69) is 26.8 Å². The summed E-state index contributed by atoms with van der Waals surface area (Å²) < 4.78 is 5.46. The number of aromatic nitrogens is 3. The van der Waals surface area contributed by atoms with E-state index in [1.54, 1.807) is 0 Å². The molecule has 2 unspecified atom stereocenters. The Kier molecular flexibility index (Phi) is 5.40. The molecule has 1 aliphatic rings. The van der Waals surface area contributed by atoms with Crippen LogP contribution in [-0.2, 0) is 0 Å². The van der Waals surface area contributed by atoms with E-state index in [-0.39, 0.29) is 5.28 Å². The van der Waals surface area contributed by atoms with Crippen LogP contribution in [-0.4, -0.2) is 34.6 Å². The molecule has 112 valence electrons. The predicted octanol–water partition coefficient (Wildman–Crippen LogP) is 3.33. The van der Waals surface area contributed by atoms with Crippen molar-refractivity contribution in [1.29, 1.82) is 0 Å². The van der Waals surface area contributed by atoms with Gasteiger partial charge in [0.15, 0.2) is 0 Å². The fourth-order valence-electron chi connectivity index (χ4n) is 2.65. The normalized spacial score (nSPS) is 22.6. The first-order chi connectivity index (χ1) is 9.60. The Morgan fingerprint density at radius 1 is 1.30 bits per heavy atom. The summed E-state index contributed by atoms with van der Waals surface area (Å²) in [5.74, 6) is 1.36. The van der Waals surface area contributed by atoms with E-state index in [1.807, 2.05) is 14.0 Å². The molecule has 0 aromatic carbocycles. The molecule has 0 saturated heterocycles. The molecule has 0 bridgehead atoms. The monoisotopic (exact) mass is 298 g/mol. The zero-order valence-corrected chi connectivity index (χ0v) is 13.2. The van der Waals surface area contributed by atoms with Crippen molar-refractivity contribution >= 4 is 17.5 Å². The van der Waals surface area contributed by atoms with E-state index in [0.29, 0.717) is 24.6 Å². The lowest BCUT2D eigenvalue weighted by atomic mass is 9.86. The second kappa shape index (κ2) is 7.07. The summed E-state index contributed by atoms with van der Waals surface area (Å²) in [6.45, 7) is 4.93. The standard InChI is InChI=1S/C14H23ClN4O/c1-4-8-20-14-17-12(15)16-13(18-14)19(3)11-7-5-6-10(2)9-11/h10-11H,4-9H2,1-3H3. The van der Waals surface area contributed by atoms with Crippen LogP contribution in [0.25, 0.3) is 0 Å². The molecule has 6 heteroatoms. The molecule has 0 radical (unpaired) electrons. The van der Waals surface area contributed by atoms with Crippen LogP contribution in [0.5, 0.6) is 6.01 Å². The third-order valence-corrected chi connectivity index (χ3v) is 3.95. The molecule has 0 amide bonds. The molecule has 2 atom stereocenters. The highest BCUT2D eigenvalue weighted by atomic mass is 35.5. The van der Waals surface area contributed by atoms with Gasteiger partial charge in [-0.1, -0.05) is 26.7 Å². The van der Waals surface area contributed by atoms with Crippen molar-refractivity contribution in [3.8, 4) is 6.01 Å². The summed E-state index contributed by atoms with van der Waals surface area (Å²) in [6.07, 6.45) is 5.83. The number of halogens is 1. The second-order valence-corrected chi connectivity index (χ2v) is 5.91. The average Bonchev–Trinajstić information content (AvgIpc) is 2.43. The maximum atomic E-state index is 5.97. The summed E-state index contributed by atoms with van der Waals surface area (Å²) in [6, 6.07) is 0.786. The minimum absolute atomic E-state index is 0.191. The molecule has 1 aromatic rings. The summed E-state index contributed by atoms with van der Waals surface area (Å²) in [5.41, 5.74) is 0. The van der Waals surface area contributed by atoms with Gasteiger partial charge in [-0.2, -0.15) is 15.0 Å². The lowest BCUT2D eigenvalue weighted by molar-refractivity contribution is 0.290. The van der Waals surface area contributed by atoms with Gasteiger partial charge in [0, 0.05) is 13.1 Å². The van der Waals surface area contributed by atoms with Crippen LogP contribution < -0.4 is 9.64 Å². The topological polar surface area (TPSA) is 51.1 Å². The highest BCUT2D eigenvalue weighted by Crippen LogP contribution is 2.28. The fourth-order valence-corrected chi connectivity index (χ4v) is 2.80. The largest absolute Gasteiger partial charge is 0.463 e. The van der Waals surface area contributed by atoms with E-state index in [1.165, 1.54) is 25.7 Å². The van der Waals surface area contributed by atoms with Crippen molar-refractivity contribution in [2.24, 2.45) is 5.92 Å². The Hall–Kier alpha value is -1.10. The van der Waals surface area contributed by atoms with Crippen molar-refractivity contribution in [2.45, 2.75) is 52.0 Å². The van der Waals surface area contributed by atoms with Gasteiger partial charge in [0.2, 0.25) is 11.2 Å². The number of nitrogens with zero attached hydrogens (tertiary/aromatic N) is 4. The predicted molar refractivity (Wildman–Crippen MR) is 80.4 cm³/mol. The van der Waals surface area contributed by atoms with Gasteiger partial charge in [0.1, 0.15) is 0 Å². The van der Waals surface area contributed by atoms with E-state index in [0.717, 1.165) is 12.3 Å². The van der Waals surface area contributed by atoms with Crippen LogP contribution in [0.3, 0.4) is 0 Å². The maximum Gasteiger partial charge on any atom is 0.322 e. The minimum Gasteiger partial charge on any atom is -0.463 e. The number of ether oxygens (including phenoxy) is 1. The zero-order chi connectivity index (χ0) is 14.5. The molecule has 0 aliphatic heterocycles. The zero-order valence-electron chi connectivity index (χ0n) is 12.5. The molecule has 5 nitrogen and oxygen atoms in total. The number of hydrogen-bond donors (Lipinski definition) is 0. The first-order valence-electron chi connectivity index (χ1n) is 7.37. The Bertz CT molecular complexity index is 443. The van der Waals surface area contributed by atoms with Gasteiger partial charge in [-0.05, 0) is 36.8 Å². The lowest BCUT2D eigenvalue weighted by Crippen LogP contribution is -2.36. The summed E-state index contributed by atoms with van der Waals surface area (Å²) in [5, 5.41) is 0.191. The first kappa shape index (κ1) is 15.3. The first-order valence-corrected chi connectivity index (χ1v) is 7.75. The summed E-state index contributed by atoms with van der Waals surface area (Å²) >= 11 is 5.97. The molecule has 1 aromatic heterocycles. The molecule has 0 spiro atoms. The Balaban J connectivity index is 2.11. The second-order valence-electron chi connectivity index (χ2n) is 5.57. The number of hydrogen-bond acceptors (Lipinski definition) is 5. The fraction of sp³-hybridized carbons (Fsp3) is 0.786. The van der Waals surface area contributed by atoms with Gasteiger partial charge < -0.3 is 9.64 Å². The van der Waals surface area contributed by atoms with Crippen LogP contribution in [0, 0.1) is 5.92 Å². The molecule has 1 heterocycles. The van der Waals surface area contributed by atoms with Gasteiger partial charge in [0.25, 0.3) is 0 Å². The van der Waals surface area contributed by atoms with Crippen molar-refractivity contribution in [2.75, 3.05) is 18.6 Å². The van der Waals surface area contributed by atoms with E-state index in [9.17, 15) is 0 Å². The molecular weight excluding hydrogens is 276 g/mol. The minimum atomic E-state index is 0.191. The molecule has 1 aliphatic carbocycles. The SMILES string of the molecule is CCCOc1nc(Cl)nc(N(C)C2CCCC(C)C2)n1. The maximum absolute atomic E-state index is 5.97. The Labute approximate surface area is 125 Å². The molecule has 0 N–H and O–H groups in total. The Morgan fingerprint density at radius 2 is 2.10 bits per heavy atom. The molecule has 2 rings (SSSR count). The summed E-state index contributed by atoms with van der Waals surface area (Å²) in [7, 11) is 2.03. The Morgan fingerprint density at radius 3 is 2.80 bits per heavy atom. The number of anilines is 1. The van der Waals surface area contributed by atoms with Crippen LogP contribution in [0.2, 0.25) is 5.28 Å². The van der Waals surface area contributed by atoms with Crippen molar-refractivity contribution in [1.82, 2.24) is 15.0 Å². The number of rotatable bonds is 5. The highest BCUT2D eigenvalue weighted by Gasteiger charge is 2.24. The average molecular weight is 299 g/mol. The van der Waals surface area contributed by atoms with Gasteiger partial charge in [-0.25, -0.2) is 0 Å². The van der Waals surface area contributed by atoms with Crippen molar-refractivity contribution in [3.05, 3.63) is 5.28 Å². The van der Waals surface area contributed by atoms with Crippen LogP contribution in [0.4, 0.5) is 5.95 Å². The molecular formula is C14H23ClN4O. The third kappa shape index (κ3) is 3.95. The third-order valence-electron chi connectivity index (χ3n) is 3.78. The van der Waals surface area contributed by atoms with Crippen LogP contribution >= 0.6 is 11.6 Å².